The van der Waals surface area contributed by atoms with Crippen LogP contribution in [0.1, 0.15) is 35.1 Å². The minimum absolute atomic E-state index is 0.116. The van der Waals surface area contributed by atoms with E-state index in [9.17, 15) is 8.42 Å². The molecule has 0 unspecified atom stereocenters. The number of hydrogen-bond acceptors (Lipinski definition) is 7. The van der Waals surface area contributed by atoms with Crippen molar-refractivity contribution in [2.24, 2.45) is 0 Å². The highest BCUT2D eigenvalue weighted by molar-refractivity contribution is 7.92. The molecule has 0 radical (unpaired) electrons. The number of rotatable bonds is 6. The SMILES string of the molecule is CCc1ncnc(-c2ccnc(C)c2)c1C#Cc1cnc(C)c(NS(=O)(=O)c2ccc(OC)cc2)c1. The third-order valence-electron chi connectivity index (χ3n) is 5.46. The van der Waals surface area contributed by atoms with Crippen LogP contribution in [0.4, 0.5) is 5.69 Å². The fourth-order valence-electron chi connectivity index (χ4n) is 3.53. The summed E-state index contributed by atoms with van der Waals surface area (Å²) in [7, 11) is -2.30. The topological polar surface area (TPSA) is 107 Å². The van der Waals surface area contributed by atoms with E-state index in [1.54, 1.807) is 37.5 Å². The third kappa shape index (κ3) is 5.50. The Hall–Kier alpha value is -4.29. The zero-order chi connectivity index (χ0) is 25.7. The highest BCUT2D eigenvalue weighted by atomic mass is 32.2. The highest BCUT2D eigenvalue weighted by Gasteiger charge is 2.16. The normalized spacial score (nSPS) is 10.9. The molecule has 9 heteroatoms. The van der Waals surface area contributed by atoms with Crippen LogP contribution in [0.25, 0.3) is 11.3 Å². The molecule has 0 aliphatic carbocycles. The molecule has 0 aliphatic heterocycles. The van der Waals surface area contributed by atoms with E-state index in [0.29, 0.717) is 34.7 Å². The molecule has 1 N–H and O–H groups in total. The zero-order valence-electron chi connectivity index (χ0n) is 20.4. The lowest BCUT2D eigenvalue weighted by Crippen LogP contribution is -2.14. The van der Waals surface area contributed by atoms with Gasteiger partial charge in [-0.3, -0.25) is 14.7 Å². The number of sulfonamides is 1. The lowest BCUT2D eigenvalue weighted by atomic mass is 10.0. The lowest BCUT2D eigenvalue weighted by Gasteiger charge is -2.11. The number of nitrogens with one attached hydrogen (secondary N) is 1. The minimum Gasteiger partial charge on any atom is -0.497 e. The summed E-state index contributed by atoms with van der Waals surface area (Å²) in [6, 6.07) is 11.7. The van der Waals surface area contributed by atoms with E-state index >= 15 is 0 Å². The van der Waals surface area contributed by atoms with Crippen molar-refractivity contribution in [3.05, 3.63) is 89.4 Å². The van der Waals surface area contributed by atoms with Crippen LogP contribution >= 0.6 is 0 Å². The average Bonchev–Trinajstić information content (AvgIpc) is 2.88. The van der Waals surface area contributed by atoms with Gasteiger partial charge in [0.05, 0.1) is 40.3 Å². The largest absolute Gasteiger partial charge is 0.497 e. The Labute approximate surface area is 210 Å². The van der Waals surface area contributed by atoms with Gasteiger partial charge in [0.2, 0.25) is 0 Å². The first kappa shape index (κ1) is 24.8. The molecule has 0 fully saturated rings. The fourth-order valence-corrected chi connectivity index (χ4v) is 4.64. The molecule has 8 nitrogen and oxygen atoms in total. The summed E-state index contributed by atoms with van der Waals surface area (Å²) < 4.78 is 33.6. The lowest BCUT2D eigenvalue weighted by molar-refractivity contribution is 0.414. The number of aryl methyl sites for hydroxylation is 3. The van der Waals surface area contributed by atoms with Crippen LogP contribution in [0.2, 0.25) is 0 Å². The maximum Gasteiger partial charge on any atom is 0.261 e. The molecule has 0 aliphatic rings. The molecule has 1 aromatic carbocycles. The van der Waals surface area contributed by atoms with Gasteiger partial charge in [-0.05, 0) is 62.7 Å². The quantitative estimate of drug-likeness (QED) is 0.394. The number of benzene rings is 1. The van der Waals surface area contributed by atoms with Crippen molar-refractivity contribution in [3.8, 4) is 28.8 Å². The van der Waals surface area contributed by atoms with Gasteiger partial charge in [0.1, 0.15) is 12.1 Å². The fraction of sp³-hybridized carbons (Fsp3) is 0.185. The molecule has 4 rings (SSSR count). The second-order valence-corrected chi connectivity index (χ2v) is 9.65. The van der Waals surface area contributed by atoms with E-state index in [1.807, 2.05) is 26.0 Å². The van der Waals surface area contributed by atoms with Crippen LogP contribution < -0.4 is 9.46 Å². The van der Waals surface area contributed by atoms with Crippen LogP contribution in [-0.2, 0) is 16.4 Å². The minimum atomic E-state index is -3.82. The van der Waals surface area contributed by atoms with Crippen molar-refractivity contribution < 1.29 is 13.2 Å². The van der Waals surface area contributed by atoms with Gasteiger partial charge in [0.25, 0.3) is 10.0 Å². The van der Waals surface area contributed by atoms with E-state index in [1.165, 1.54) is 25.6 Å². The van der Waals surface area contributed by atoms with Gasteiger partial charge in [-0.2, -0.15) is 0 Å². The van der Waals surface area contributed by atoms with Gasteiger partial charge in [-0.25, -0.2) is 18.4 Å². The number of ether oxygens (including phenoxy) is 1. The van der Waals surface area contributed by atoms with Gasteiger partial charge >= 0.3 is 0 Å². The molecule has 0 saturated carbocycles. The molecular formula is C27H25N5O3S. The molecule has 36 heavy (non-hydrogen) atoms. The van der Waals surface area contributed by atoms with E-state index in [4.69, 9.17) is 4.74 Å². The molecule has 3 heterocycles. The second kappa shape index (κ2) is 10.5. The maximum absolute atomic E-state index is 12.9. The van der Waals surface area contributed by atoms with Crippen molar-refractivity contribution in [1.29, 1.82) is 0 Å². The molecule has 3 aromatic heterocycles. The van der Waals surface area contributed by atoms with Crippen LogP contribution in [0.5, 0.6) is 5.75 Å². The zero-order valence-corrected chi connectivity index (χ0v) is 21.2. The van der Waals surface area contributed by atoms with Gasteiger partial charge in [-0.15, -0.1) is 0 Å². The standard InChI is InChI=1S/C27H25N5O3S/c1-5-25-24(27(31-17-30-25)21-12-13-28-18(2)14-21)11-6-20-15-26(19(3)29-16-20)32-36(33,34)23-9-7-22(35-4)8-10-23/h7-10,12-17,32H,5H2,1-4H3. The molecule has 182 valence electrons. The van der Waals surface area contributed by atoms with E-state index in [2.05, 4.69) is 36.5 Å². The first-order chi connectivity index (χ1) is 17.3. The Morgan fingerprint density at radius 1 is 0.972 bits per heavy atom. The Morgan fingerprint density at radius 2 is 1.75 bits per heavy atom. The summed E-state index contributed by atoms with van der Waals surface area (Å²) in [5.41, 5.74) is 5.47. The summed E-state index contributed by atoms with van der Waals surface area (Å²) in [5.74, 6) is 6.87. The van der Waals surface area contributed by atoms with Crippen LogP contribution in [0, 0.1) is 25.7 Å². The Kier molecular flexibility index (Phi) is 7.27. The summed E-state index contributed by atoms with van der Waals surface area (Å²) in [6.45, 7) is 5.66. The molecule has 0 spiro atoms. The van der Waals surface area contributed by atoms with Gasteiger partial charge in [0, 0.05) is 29.2 Å². The predicted octanol–water partition coefficient (Wildman–Crippen LogP) is 4.32. The highest BCUT2D eigenvalue weighted by Crippen LogP contribution is 2.24. The maximum atomic E-state index is 12.9. The average molecular weight is 500 g/mol. The summed E-state index contributed by atoms with van der Waals surface area (Å²) in [6.07, 6.45) is 5.57. The van der Waals surface area contributed by atoms with Crippen LogP contribution in [0.3, 0.4) is 0 Å². The van der Waals surface area contributed by atoms with E-state index in [0.717, 1.165) is 22.6 Å². The molecule has 0 saturated heterocycles. The third-order valence-corrected chi connectivity index (χ3v) is 6.84. The van der Waals surface area contributed by atoms with Crippen molar-refractivity contribution in [1.82, 2.24) is 19.9 Å². The molecule has 0 atom stereocenters. The summed E-state index contributed by atoms with van der Waals surface area (Å²) >= 11 is 0. The molecule has 0 amide bonds. The molecule has 4 aromatic rings. The van der Waals surface area contributed by atoms with Crippen molar-refractivity contribution >= 4 is 15.7 Å². The molecular weight excluding hydrogens is 474 g/mol. The number of hydrogen-bond donors (Lipinski definition) is 1. The van der Waals surface area contributed by atoms with Crippen LogP contribution in [0.15, 0.2) is 66.1 Å². The summed E-state index contributed by atoms with van der Waals surface area (Å²) in [4.78, 5) is 17.6. The van der Waals surface area contributed by atoms with Gasteiger partial charge in [0.15, 0.2) is 0 Å². The predicted molar refractivity (Wildman–Crippen MR) is 138 cm³/mol. The van der Waals surface area contributed by atoms with E-state index < -0.39 is 10.0 Å². The van der Waals surface area contributed by atoms with Crippen molar-refractivity contribution in [2.75, 3.05) is 11.8 Å². The van der Waals surface area contributed by atoms with Crippen molar-refractivity contribution in [2.45, 2.75) is 32.1 Å². The Morgan fingerprint density at radius 3 is 2.44 bits per heavy atom. The number of aromatic nitrogens is 4. The van der Waals surface area contributed by atoms with E-state index in [-0.39, 0.29) is 4.90 Å². The Balaban J connectivity index is 1.69. The number of methoxy groups -OCH3 is 1. The summed E-state index contributed by atoms with van der Waals surface area (Å²) in [5, 5.41) is 0. The van der Waals surface area contributed by atoms with Crippen molar-refractivity contribution in [3.63, 3.8) is 0 Å². The number of anilines is 1. The Bertz CT molecular complexity index is 1570. The number of pyridine rings is 2. The smallest absolute Gasteiger partial charge is 0.261 e. The first-order valence-electron chi connectivity index (χ1n) is 11.2. The first-order valence-corrected chi connectivity index (χ1v) is 12.7. The monoisotopic (exact) mass is 499 g/mol. The second-order valence-electron chi connectivity index (χ2n) is 7.97. The van der Waals surface area contributed by atoms with Crippen LogP contribution in [-0.4, -0.2) is 35.5 Å². The number of nitrogens with zero attached hydrogens (tertiary/aromatic N) is 4. The molecule has 0 bridgehead atoms. The van der Waals surface area contributed by atoms with Gasteiger partial charge in [-0.1, -0.05) is 18.8 Å². The van der Waals surface area contributed by atoms with Gasteiger partial charge < -0.3 is 4.74 Å².